The summed E-state index contributed by atoms with van der Waals surface area (Å²) in [7, 11) is 0. The highest BCUT2D eigenvalue weighted by Gasteiger charge is 2.18. The van der Waals surface area contributed by atoms with E-state index >= 15 is 0 Å². The fraction of sp³-hybridized carbons (Fsp3) is 0.889. The molecule has 2 heteroatoms. The topological polar surface area (TPSA) is 26.3 Å². The highest BCUT2D eigenvalue weighted by Crippen LogP contribution is 2.11. The molecule has 0 aromatic heterocycles. The second-order valence-corrected chi connectivity index (χ2v) is 1.99. The third-order valence-corrected chi connectivity index (χ3v) is 1.04. The standard InChI is InChI=1S/C5H8O2.2C2H6/c1-4-2-5(6)7-3-4;2*1-2/h4H,2-3H2,1H3;2*1-2H3. The van der Waals surface area contributed by atoms with E-state index in [1.165, 1.54) is 0 Å². The van der Waals surface area contributed by atoms with Crippen LogP contribution in [0.5, 0.6) is 0 Å². The average Bonchev–Trinajstić information content (AvgIpc) is 2.43. The number of hydrogen-bond donors (Lipinski definition) is 0. The molecule has 0 aromatic carbocycles. The number of ether oxygens (including phenoxy) is 1. The summed E-state index contributed by atoms with van der Waals surface area (Å²) in [5.41, 5.74) is 0. The van der Waals surface area contributed by atoms with E-state index in [-0.39, 0.29) is 5.97 Å². The monoisotopic (exact) mass is 160 g/mol. The number of esters is 1. The maximum Gasteiger partial charge on any atom is 0.306 e. The Labute approximate surface area is 69.9 Å². The van der Waals surface area contributed by atoms with E-state index in [1.54, 1.807) is 0 Å². The minimum atomic E-state index is -0.0486. The van der Waals surface area contributed by atoms with Gasteiger partial charge >= 0.3 is 5.97 Å². The molecule has 0 amide bonds. The molecule has 1 rings (SSSR count). The molecule has 1 unspecified atom stereocenters. The van der Waals surface area contributed by atoms with Crippen LogP contribution in [0.4, 0.5) is 0 Å². The van der Waals surface area contributed by atoms with Gasteiger partial charge in [0.25, 0.3) is 0 Å². The molecule has 1 saturated heterocycles. The first-order chi connectivity index (χ1) is 5.29. The van der Waals surface area contributed by atoms with Crippen molar-refractivity contribution in [3.63, 3.8) is 0 Å². The van der Waals surface area contributed by atoms with Crippen molar-refractivity contribution in [1.82, 2.24) is 0 Å². The second kappa shape index (κ2) is 9.47. The van der Waals surface area contributed by atoms with Crippen LogP contribution in [0.2, 0.25) is 0 Å². The van der Waals surface area contributed by atoms with E-state index in [0.29, 0.717) is 18.9 Å². The van der Waals surface area contributed by atoms with Gasteiger partial charge in [-0.3, -0.25) is 4.79 Å². The number of cyclic esters (lactones) is 1. The Morgan fingerprint density at radius 1 is 1.27 bits per heavy atom. The minimum Gasteiger partial charge on any atom is -0.465 e. The fourth-order valence-corrected chi connectivity index (χ4v) is 0.638. The quantitative estimate of drug-likeness (QED) is 0.509. The number of carbonyl (C=O) groups is 1. The Bertz CT molecular complexity index is 89.6. The molecule has 1 fully saturated rings. The normalized spacial score (nSPS) is 20.5. The Hall–Kier alpha value is -0.530. The first-order valence-corrected chi connectivity index (χ1v) is 4.44. The van der Waals surface area contributed by atoms with Gasteiger partial charge in [-0.2, -0.15) is 0 Å². The Balaban J connectivity index is 0. The summed E-state index contributed by atoms with van der Waals surface area (Å²) in [5.74, 6) is 0.403. The van der Waals surface area contributed by atoms with Crippen LogP contribution in [0.1, 0.15) is 41.0 Å². The highest BCUT2D eigenvalue weighted by atomic mass is 16.5. The van der Waals surface area contributed by atoms with Crippen LogP contribution in [0.15, 0.2) is 0 Å². The van der Waals surface area contributed by atoms with Gasteiger partial charge in [0, 0.05) is 5.92 Å². The highest BCUT2D eigenvalue weighted by molar-refractivity contribution is 5.71. The lowest BCUT2D eigenvalue weighted by Crippen LogP contribution is -1.88. The zero-order valence-electron chi connectivity index (χ0n) is 8.31. The SMILES string of the molecule is CC.CC.CC1COC(=O)C1. The van der Waals surface area contributed by atoms with Gasteiger partial charge in [0.1, 0.15) is 0 Å². The molecule has 0 aliphatic carbocycles. The molecule has 1 atom stereocenters. The summed E-state index contributed by atoms with van der Waals surface area (Å²) in [4.78, 5) is 10.2. The van der Waals surface area contributed by atoms with Gasteiger partial charge in [-0.05, 0) is 0 Å². The molecule has 0 bridgehead atoms. The van der Waals surface area contributed by atoms with Crippen LogP contribution in [0.3, 0.4) is 0 Å². The third-order valence-electron chi connectivity index (χ3n) is 1.04. The molecule has 68 valence electrons. The maximum atomic E-state index is 10.2. The number of rotatable bonds is 0. The van der Waals surface area contributed by atoms with Crippen molar-refractivity contribution >= 4 is 5.97 Å². The van der Waals surface area contributed by atoms with Crippen LogP contribution in [0, 0.1) is 5.92 Å². The molecule has 2 nitrogen and oxygen atoms in total. The van der Waals surface area contributed by atoms with Gasteiger partial charge in [0.2, 0.25) is 0 Å². The van der Waals surface area contributed by atoms with Crippen LogP contribution in [0.25, 0.3) is 0 Å². The van der Waals surface area contributed by atoms with Crippen LogP contribution in [-0.4, -0.2) is 12.6 Å². The summed E-state index contributed by atoms with van der Waals surface area (Å²) in [6.45, 7) is 10.6. The molecular formula is C9H20O2. The molecular weight excluding hydrogens is 140 g/mol. The van der Waals surface area contributed by atoms with Crippen molar-refractivity contribution < 1.29 is 9.53 Å². The van der Waals surface area contributed by atoms with Crippen molar-refractivity contribution in [3.05, 3.63) is 0 Å². The van der Waals surface area contributed by atoms with Crippen molar-refractivity contribution in [3.8, 4) is 0 Å². The summed E-state index contributed by atoms with van der Waals surface area (Å²) in [6, 6.07) is 0. The zero-order chi connectivity index (χ0) is 9.28. The number of carbonyl (C=O) groups excluding carboxylic acids is 1. The second-order valence-electron chi connectivity index (χ2n) is 1.99. The van der Waals surface area contributed by atoms with Crippen LogP contribution < -0.4 is 0 Å². The first-order valence-electron chi connectivity index (χ1n) is 4.44. The Morgan fingerprint density at radius 2 is 1.73 bits per heavy atom. The predicted octanol–water partition coefficient (Wildman–Crippen LogP) is 2.62. The summed E-state index contributed by atoms with van der Waals surface area (Å²) in [6.07, 6.45) is 0.611. The van der Waals surface area contributed by atoms with Crippen LogP contribution >= 0.6 is 0 Å². The van der Waals surface area contributed by atoms with Gasteiger partial charge in [-0.1, -0.05) is 34.6 Å². The summed E-state index contributed by atoms with van der Waals surface area (Å²) < 4.78 is 4.63. The molecule has 1 aliphatic rings. The van der Waals surface area contributed by atoms with Crippen molar-refractivity contribution in [2.24, 2.45) is 5.92 Å². The van der Waals surface area contributed by atoms with Gasteiger partial charge in [-0.15, -0.1) is 0 Å². The lowest BCUT2D eigenvalue weighted by molar-refractivity contribution is -0.137. The van der Waals surface area contributed by atoms with Gasteiger partial charge in [-0.25, -0.2) is 0 Å². The fourth-order valence-electron chi connectivity index (χ4n) is 0.638. The molecule has 0 spiro atoms. The minimum absolute atomic E-state index is 0.0486. The molecule has 1 heterocycles. The van der Waals surface area contributed by atoms with Gasteiger partial charge < -0.3 is 4.74 Å². The Kier molecular flexibility index (Phi) is 11.3. The van der Waals surface area contributed by atoms with Crippen molar-refractivity contribution in [1.29, 1.82) is 0 Å². The van der Waals surface area contributed by atoms with Gasteiger partial charge in [0.15, 0.2) is 0 Å². The lowest BCUT2D eigenvalue weighted by atomic mass is 10.2. The average molecular weight is 160 g/mol. The van der Waals surface area contributed by atoms with E-state index in [4.69, 9.17) is 0 Å². The van der Waals surface area contributed by atoms with E-state index < -0.39 is 0 Å². The third kappa shape index (κ3) is 7.37. The maximum absolute atomic E-state index is 10.2. The zero-order valence-corrected chi connectivity index (χ0v) is 8.31. The van der Waals surface area contributed by atoms with Crippen LogP contribution in [-0.2, 0) is 9.53 Å². The molecule has 1 aliphatic heterocycles. The molecule has 0 aromatic rings. The van der Waals surface area contributed by atoms with E-state index in [1.807, 2.05) is 34.6 Å². The van der Waals surface area contributed by atoms with E-state index in [0.717, 1.165) is 0 Å². The lowest BCUT2D eigenvalue weighted by Gasteiger charge is -1.87. The Morgan fingerprint density at radius 3 is 1.82 bits per heavy atom. The smallest absolute Gasteiger partial charge is 0.306 e. The number of hydrogen-bond acceptors (Lipinski definition) is 2. The molecule has 0 radical (unpaired) electrons. The molecule has 0 saturated carbocycles. The summed E-state index contributed by atoms with van der Waals surface area (Å²) >= 11 is 0. The predicted molar refractivity (Wildman–Crippen MR) is 47.4 cm³/mol. The van der Waals surface area contributed by atoms with Crippen molar-refractivity contribution in [2.45, 2.75) is 41.0 Å². The first kappa shape index (κ1) is 13.1. The van der Waals surface area contributed by atoms with E-state index in [9.17, 15) is 4.79 Å². The largest absolute Gasteiger partial charge is 0.465 e. The van der Waals surface area contributed by atoms with E-state index in [2.05, 4.69) is 4.74 Å². The summed E-state index contributed by atoms with van der Waals surface area (Å²) in [5, 5.41) is 0. The van der Waals surface area contributed by atoms with Crippen molar-refractivity contribution in [2.75, 3.05) is 6.61 Å². The molecule has 11 heavy (non-hydrogen) atoms. The van der Waals surface area contributed by atoms with Gasteiger partial charge in [0.05, 0.1) is 13.0 Å². The molecule has 0 N–H and O–H groups in total.